The predicted octanol–water partition coefficient (Wildman–Crippen LogP) is 3.13. The zero-order valence-corrected chi connectivity index (χ0v) is 11.0. The SMILES string of the molecule is COc1ncc(Cl)c(NCC2(C)CCCC2)n1. The summed E-state index contributed by atoms with van der Waals surface area (Å²) < 4.78 is 4.99. The molecule has 0 atom stereocenters. The van der Waals surface area contributed by atoms with Crippen LogP contribution in [0.1, 0.15) is 32.6 Å². The van der Waals surface area contributed by atoms with E-state index in [1.807, 2.05) is 0 Å². The van der Waals surface area contributed by atoms with Gasteiger partial charge >= 0.3 is 6.01 Å². The van der Waals surface area contributed by atoms with Gasteiger partial charge in [-0.05, 0) is 18.3 Å². The van der Waals surface area contributed by atoms with Crippen LogP contribution in [0.2, 0.25) is 5.02 Å². The van der Waals surface area contributed by atoms with E-state index >= 15 is 0 Å². The number of anilines is 1. The van der Waals surface area contributed by atoms with E-state index in [4.69, 9.17) is 16.3 Å². The lowest BCUT2D eigenvalue weighted by molar-refractivity contribution is 0.360. The molecule has 1 fully saturated rings. The van der Waals surface area contributed by atoms with Gasteiger partial charge in [0, 0.05) is 6.54 Å². The zero-order chi connectivity index (χ0) is 12.3. The first-order chi connectivity index (χ1) is 8.13. The molecule has 0 unspecified atom stereocenters. The zero-order valence-electron chi connectivity index (χ0n) is 10.3. The third-order valence-corrected chi connectivity index (χ3v) is 3.67. The van der Waals surface area contributed by atoms with Crippen LogP contribution in [0.15, 0.2) is 6.20 Å². The second-order valence-corrected chi connectivity index (χ2v) is 5.33. The van der Waals surface area contributed by atoms with Gasteiger partial charge in [-0.3, -0.25) is 0 Å². The lowest BCUT2D eigenvalue weighted by atomic mass is 9.89. The topological polar surface area (TPSA) is 47.0 Å². The van der Waals surface area contributed by atoms with Crippen molar-refractivity contribution >= 4 is 17.4 Å². The highest BCUT2D eigenvalue weighted by Gasteiger charge is 2.28. The highest BCUT2D eigenvalue weighted by atomic mass is 35.5. The number of rotatable bonds is 4. The molecule has 2 rings (SSSR count). The maximum Gasteiger partial charge on any atom is 0.318 e. The summed E-state index contributed by atoms with van der Waals surface area (Å²) in [5, 5.41) is 3.84. The first-order valence-electron chi connectivity index (χ1n) is 5.93. The number of hydrogen-bond donors (Lipinski definition) is 1. The molecule has 1 heterocycles. The van der Waals surface area contributed by atoms with Gasteiger partial charge in [0.05, 0.1) is 13.3 Å². The standard InChI is InChI=1S/C12H18ClN3O/c1-12(5-3-4-6-12)8-15-10-9(13)7-14-11(16-10)17-2/h7H,3-6,8H2,1-2H3,(H,14,15,16). The molecule has 0 aliphatic heterocycles. The quantitative estimate of drug-likeness (QED) is 0.898. The molecule has 1 aliphatic rings. The molecule has 0 saturated heterocycles. The minimum absolute atomic E-state index is 0.341. The minimum Gasteiger partial charge on any atom is -0.467 e. The number of methoxy groups -OCH3 is 1. The van der Waals surface area contributed by atoms with Crippen LogP contribution in [0.3, 0.4) is 0 Å². The summed E-state index contributed by atoms with van der Waals surface area (Å²) in [6.45, 7) is 3.20. The summed E-state index contributed by atoms with van der Waals surface area (Å²) in [5.74, 6) is 0.659. The van der Waals surface area contributed by atoms with Crippen LogP contribution in [0.25, 0.3) is 0 Å². The van der Waals surface area contributed by atoms with E-state index in [0.29, 0.717) is 22.3 Å². The van der Waals surface area contributed by atoms with Crippen LogP contribution in [-0.4, -0.2) is 23.6 Å². The Bertz CT molecular complexity index is 391. The molecule has 4 nitrogen and oxygen atoms in total. The number of halogens is 1. The predicted molar refractivity (Wildman–Crippen MR) is 68.7 cm³/mol. The molecule has 94 valence electrons. The van der Waals surface area contributed by atoms with Gasteiger partial charge in [-0.25, -0.2) is 4.98 Å². The van der Waals surface area contributed by atoms with E-state index in [1.54, 1.807) is 13.3 Å². The number of ether oxygens (including phenoxy) is 1. The third kappa shape index (κ3) is 3.00. The maximum absolute atomic E-state index is 6.04. The van der Waals surface area contributed by atoms with E-state index in [9.17, 15) is 0 Å². The first-order valence-corrected chi connectivity index (χ1v) is 6.31. The van der Waals surface area contributed by atoms with Crippen LogP contribution in [-0.2, 0) is 0 Å². The molecule has 0 spiro atoms. The Morgan fingerprint density at radius 1 is 1.47 bits per heavy atom. The highest BCUT2D eigenvalue weighted by molar-refractivity contribution is 6.32. The first kappa shape index (κ1) is 12.4. The van der Waals surface area contributed by atoms with E-state index in [-0.39, 0.29) is 0 Å². The summed E-state index contributed by atoms with van der Waals surface area (Å²) in [5.41, 5.74) is 0.363. The van der Waals surface area contributed by atoms with Gasteiger partial charge in [-0.15, -0.1) is 0 Å². The molecule has 17 heavy (non-hydrogen) atoms. The number of nitrogens with one attached hydrogen (secondary N) is 1. The van der Waals surface area contributed by atoms with E-state index in [0.717, 1.165) is 6.54 Å². The van der Waals surface area contributed by atoms with Crippen molar-refractivity contribution in [3.8, 4) is 6.01 Å². The van der Waals surface area contributed by atoms with Crippen molar-refractivity contribution in [1.29, 1.82) is 0 Å². The Morgan fingerprint density at radius 3 is 2.82 bits per heavy atom. The van der Waals surface area contributed by atoms with Gasteiger partial charge in [0.15, 0.2) is 5.82 Å². The Morgan fingerprint density at radius 2 is 2.18 bits per heavy atom. The molecule has 1 aliphatic carbocycles. The molecule has 0 bridgehead atoms. The van der Waals surface area contributed by atoms with Crippen molar-refractivity contribution in [3.05, 3.63) is 11.2 Å². The summed E-state index contributed by atoms with van der Waals surface area (Å²) in [6.07, 6.45) is 6.73. The van der Waals surface area contributed by atoms with Crippen molar-refractivity contribution in [1.82, 2.24) is 9.97 Å². The van der Waals surface area contributed by atoms with E-state index in [1.165, 1.54) is 25.7 Å². The molecule has 0 aromatic carbocycles. The number of aromatic nitrogens is 2. The number of hydrogen-bond acceptors (Lipinski definition) is 4. The van der Waals surface area contributed by atoms with Crippen molar-refractivity contribution in [2.45, 2.75) is 32.6 Å². The lowest BCUT2D eigenvalue weighted by Gasteiger charge is -2.24. The number of nitrogens with zero attached hydrogens (tertiary/aromatic N) is 2. The molecular weight excluding hydrogens is 238 g/mol. The van der Waals surface area contributed by atoms with Crippen molar-refractivity contribution in [3.63, 3.8) is 0 Å². The van der Waals surface area contributed by atoms with Gasteiger partial charge in [0.25, 0.3) is 0 Å². The fourth-order valence-electron chi connectivity index (χ4n) is 2.28. The summed E-state index contributed by atoms with van der Waals surface area (Å²) >= 11 is 6.04. The van der Waals surface area contributed by atoms with Gasteiger partial charge in [0.1, 0.15) is 5.02 Å². The third-order valence-electron chi connectivity index (χ3n) is 3.40. The van der Waals surface area contributed by atoms with Crippen LogP contribution < -0.4 is 10.1 Å². The van der Waals surface area contributed by atoms with Crippen LogP contribution in [0, 0.1) is 5.41 Å². The van der Waals surface area contributed by atoms with Crippen molar-refractivity contribution < 1.29 is 4.74 Å². The summed E-state index contributed by atoms with van der Waals surface area (Å²) in [7, 11) is 1.55. The monoisotopic (exact) mass is 255 g/mol. The van der Waals surface area contributed by atoms with E-state index in [2.05, 4.69) is 22.2 Å². The Kier molecular flexibility index (Phi) is 3.72. The lowest BCUT2D eigenvalue weighted by Crippen LogP contribution is -2.23. The second kappa shape index (κ2) is 5.08. The molecule has 5 heteroatoms. The Balaban J connectivity index is 2.02. The second-order valence-electron chi connectivity index (χ2n) is 4.92. The minimum atomic E-state index is 0.341. The Labute approximate surface area is 107 Å². The molecule has 0 amide bonds. The van der Waals surface area contributed by atoms with Gasteiger partial charge in [-0.1, -0.05) is 31.4 Å². The van der Waals surface area contributed by atoms with Crippen LogP contribution in [0.5, 0.6) is 6.01 Å². The largest absolute Gasteiger partial charge is 0.467 e. The molecule has 1 N–H and O–H groups in total. The highest BCUT2D eigenvalue weighted by Crippen LogP contribution is 2.37. The Hall–Kier alpha value is -1.03. The smallest absolute Gasteiger partial charge is 0.318 e. The molecule has 0 radical (unpaired) electrons. The average Bonchev–Trinajstić information content (AvgIpc) is 2.76. The van der Waals surface area contributed by atoms with Crippen LogP contribution >= 0.6 is 11.6 Å². The van der Waals surface area contributed by atoms with E-state index < -0.39 is 0 Å². The van der Waals surface area contributed by atoms with Crippen LogP contribution in [0.4, 0.5) is 5.82 Å². The normalized spacial score (nSPS) is 18.1. The van der Waals surface area contributed by atoms with Gasteiger partial charge in [0.2, 0.25) is 0 Å². The summed E-state index contributed by atoms with van der Waals surface area (Å²) in [6, 6.07) is 0.341. The molecule has 1 saturated carbocycles. The molecule has 1 aromatic rings. The maximum atomic E-state index is 6.04. The van der Waals surface area contributed by atoms with Crippen molar-refractivity contribution in [2.75, 3.05) is 19.0 Å². The van der Waals surface area contributed by atoms with Crippen molar-refractivity contribution in [2.24, 2.45) is 5.41 Å². The fraction of sp³-hybridized carbons (Fsp3) is 0.667. The molecule has 1 aromatic heterocycles. The fourth-order valence-corrected chi connectivity index (χ4v) is 2.43. The van der Waals surface area contributed by atoms with Gasteiger partial charge < -0.3 is 10.1 Å². The summed E-state index contributed by atoms with van der Waals surface area (Å²) in [4.78, 5) is 8.16. The molecular formula is C12H18ClN3O. The van der Waals surface area contributed by atoms with Gasteiger partial charge in [-0.2, -0.15) is 4.98 Å². The average molecular weight is 256 g/mol.